The SMILES string of the molecule is O=C(COCc1cc(-c2ccc(F)cc2)on1)N1CCN(C(c2ccccc2)c2ccccc2)CC1. The smallest absolute Gasteiger partial charge is 0.248 e. The lowest BCUT2D eigenvalue weighted by atomic mass is 9.96. The summed E-state index contributed by atoms with van der Waals surface area (Å²) in [6.07, 6.45) is 0. The number of halogens is 1. The van der Waals surface area contributed by atoms with E-state index in [1.165, 1.54) is 23.3 Å². The van der Waals surface area contributed by atoms with Gasteiger partial charge in [-0.05, 0) is 35.4 Å². The van der Waals surface area contributed by atoms with Gasteiger partial charge in [-0.25, -0.2) is 4.39 Å². The van der Waals surface area contributed by atoms with Gasteiger partial charge in [0.1, 0.15) is 18.1 Å². The molecule has 0 N–H and O–H groups in total. The third-order valence-corrected chi connectivity index (χ3v) is 6.43. The summed E-state index contributed by atoms with van der Waals surface area (Å²) in [6, 6.07) is 28.9. The number of carbonyl (C=O) groups excluding carboxylic acids is 1. The predicted molar refractivity (Wildman–Crippen MR) is 134 cm³/mol. The number of rotatable bonds is 8. The fraction of sp³-hybridized carbons (Fsp3) is 0.241. The molecule has 0 radical (unpaired) electrons. The van der Waals surface area contributed by atoms with E-state index in [4.69, 9.17) is 9.26 Å². The van der Waals surface area contributed by atoms with Crippen LogP contribution < -0.4 is 0 Å². The molecule has 0 bridgehead atoms. The van der Waals surface area contributed by atoms with Gasteiger partial charge in [0, 0.05) is 37.8 Å². The van der Waals surface area contributed by atoms with Crippen LogP contribution in [0.5, 0.6) is 0 Å². The molecule has 1 aliphatic rings. The van der Waals surface area contributed by atoms with Gasteiger partial charge in [0.05, 0.1) is 12.6 Å². The minimum Gasteiger partial charge on any atom is -0.365 e. The molecule has 2 heterocycles. The minimum atomic E-state index is -0.308. The Hall–Kier alpha value is -3.81. The first-order valence-electron chi connectivity index (χ1n) is 12.1. The van der Waals surface area contributed by atoms with E-state index in [9.17, 15) is 9.18 Å². The van der Waals surface area contributed by atoms with Gasteiger partial charge in [-0.1, -0.05) is 65.8 Å². The summed E-state index contributed by atoms with van der Waals surface area (Å²) in [5.41, 5.74) is 3.81. The Bertz CT molecular complexity index is 1210. The molecule has 1 fully saturated rings. The summed E-state index contributed by atoms with van der Waals surface area (Å²) < 4.78 is 24.1. The Kier molecular flexibility index (Phi) is 7.50. The highest BCUT2D eigenvalue weighted by Crippen LogP contribution is 2.29. The Balaban J connectivity index is 1.13. The molecule has 0 saturated carbocycles. The largest absolute Gasteiger partial charge is 0.365 e. The van der Waals surface area contributed by atoms with Crippen molar-refractivity contribution in [3.8, 4) is 11.3 Å². The molecule has 7 heteroatoms. The van der Waals surface area contributed by atoms with Crippen molar-refractivity contribution >= 4 is 5.91 Å². The fourth-order valence-electron chi connectivity index (χ4n) is 4.58. The zero-order valence-corrected chi connectivity index (χ0v) is 19.9. The molecule has 3 aromatic carbocycles. The molecule has 1 saturated heterocycles. The summed E-state index contributed by atoms with van der Waals surface area (Å²) >= 11 is 0. The number of piperazine rings is 1. The lowest BCUT2D eigenvalue weighted by Gasteiger charge is -2.39. The number of carbonyl (C=O) groups is 1. The summed E-state index contributed by atoms with van der Waals surface area (Å²) in [6.45, 7) is 3.02. The van der Waals surface area contributed by atoms with Crippen LogP contribution in [0.3, 0.4) is 0 Å². The Morgan fingerprint density at radius 2 is 1.50 bits per heavy atom. The maximum Gasteiger partial charge on any atom is 0.248 e. The molecule has 0 spiro atoms. The van der Waals surface area contributed by atoms with Crippen LogP contribution >= 0.6 is 0 Å². The average molecular weight is 486 g/mol. The topological polar surface area (TPSA) is 58.8 Å². The highest BCUT2D eigenvalue weighted by Gasteiger charge is 2.28. The molecule has 5 rings (SSSR count). The van der Waals surface area contributed by atoms with Crippen LogP contribution in [-0.4, -0.2) is 53.6 Å². The molecule has 0 unspecified atom stereocenters. The standard InChI is InChI=1S/C29H28FN3O3/c30-25-13-11-22(12-14-25)27-19-26(31-36-27)20-35-21-28(34)32-15-17-33(18-16-32)29(23-7-3-1-4-8-23)24-9-5-2-6-10-24/h1-14,19,29H,15-18,20-21H2. The van der Waals surface area contributed by atoms with E-state index in [1.54, 1.807) is 18.2 Å². The first-order chi connectivity index (χ1) is 17.7. The van der Waals surface area contributed by atoms with Crippen molar-refractivity contribution in [3.05, 3.63) is 114 Å². The Labute approximate surface area is 209 Å². The second-order valence-electron chi connectivity index (χ2n) is 8.82. The summed E-state index contributed by atoms with van der Waals surface area (Å²) in [7, 11) is 0. The van der Waals surface area contributed by atoms with E-state index >= 15 is 0 Å². The van der Waals surface area contributed by atoms with Crippen molar-refractivity contribution in [2.45, 2.75) is 12.6 Å². The highest BCUT2D eigenvalue weighted by molar-refractivity contribution is 5.77. The molecular formula is C29H28FN3O3. The lowest BCUT2D eigenvalue weighted by Crippen LogP contribution is -2.50. The van der Waals surface area contributed by atoms with Crippen molar-refractivity contribution in [3.63, 3.8) is 0 Å². The van der Waals surface area contributed by atoms with Gasteiger partial charge in [-0.15, -0.1) is 0 Å². The summed E-state index contributed by atoms with van der Waals surface area (Å²) in [4.78, 5) is 17.1. The van der Waals surface area contributed by atoms with E-state index in [0.29, 0.717) is 24.5 Å². The molecule has 0 atom stereocenters. The van der Waals surface area contributed by atoms with Crippen molar-refractivity contribution in [1.29, 1.82) is 0 Å². The number of nitrogens with zero attached hydrogens (tertiary/aromatic N) is 3. The van der Waals surface area contributed by atoms with Crippen LogP contribution in [0.15, 0.2) is 95.5 Å². The number of ether oxygens (including phenoxy) is 1. The fourth-order valence-corrected chi connectivity index (χ4v) is 4.58. The van der Waals surface area contributed by atoms with Gasteiger partial charge in [0.15, 0.2) is 5.76 Å². The van der Waals surface area contributed by atoms with Crippen LogP contribution in [0.4, 0.5) is 4.39 Å². The zero-order valence-electron chi connectivity index (χ0n) is 19.9. The summed E-state index contributed by atoms with van der Waals surface area (Å²) in [5, 5.41) is 3.99. The Morgan fingerprint density at radius 1 is 0.889 bits per heavy atom. The van der Waals surface area contributed by atoms with Crippen LogP contribution in [0.2, 0.25) is 0 Å². The molecule has 1 amide bonds. The van der Waals surface area contributed by atoms with Crippen LogP contribution in [0.1, 0.15) is 22.9 Å². The highest BCUT2D eigenvalue weighted by atomic mass is 19.1. The molecular weight excluding hydrogens is 457 g/mol. The minimum absolute atomic E-state index is 0.0143. The molecule has 184 valence electrons. The average Bonchev–Trinajstić information content (AvgIpc) is 3.40. The van der Waals surface area contributed by atoms with Gasteiger partial charge >= 0.3 is 0 Å². The van der Waals surface area contributed by atoms with E-state index in [0.717, 1.165) is 18.7 Å². The zero-order chi connectivity index (χ0) is 24.7. The van der Waals surface area contributed by atoms with Crippen LogP contribution in [0, 0.1) is 5.82 Å². The molecule has 1 aliphatic heterocycles. The number of hydrogen-bond acceptors (Lipinski definition) is 5. The predicted octanol–water partition coefficient (Wildman–Crippen LogP) is 4.93. The number of benzene rings is 3. The van der Waals surface area contributed by atoms with Crippen molar-refractivity contribution in [2.24, 2.45) is 0 Å². The van der Waals surface area contributed by atoms with Gasteiger partial charge in [0.25, 0.3) is 0 Å². The third kappa shape index (κ3) is 5.70. The van der Waals surface area contributed by atoms with Gasteiger partial charge in [0.2, 0.25) is 5.91 Å². The van der Waals surface area contributed by atoms with E-state index in [1.807, 2.05) is 17.0 Å². The molecule has 36 heavy (non-hydrogen) atoms. The second kappa shape index (κ2) is 11.3. The quantitative estimate of drug-likeness (QED) is 0.354. The van der Waals surface area contributed by atoms with Crippen molar-refractivity contribution in [2.75, 3.05) is 32.8 Å². The third-order valence-electron chi connectivity index (χ3n) is 6.43. The first-order valence-corrected chi connectivity index (χ1v) is 12.1. The van der Waals surface area contributed by atoms with Gasteiger partial charge < -0.3 is 14.2 Å². The monoisotopic (exact) mass is 485 g/mol. The van der Waals surface area contributed by atoms with Crippen LogP contribution in [0.25, 0.3) is 11.3 Å². The van der Waals surface area contributed by atoms with E-state index < -0.39 is 0 Å². The number of amides is 1. The van der Waals surface area contributed by atoms with E-state index in [2.05, 4.69) is 58.6 Å². The molecule has 6 nitrogen and oxygen atoms in total. The normalized spacial score (nSPS) is 14.3. The van der Waals surface area contributed by atoms with Crippen LogP contribution in [-0.2, 0) is 16.1 Å². The Morgan fingerprint density at radius 3 is 2.11 bits per heavy atom. The number of aromatic nitrogens is 1. The van der Waals surface area contributed by atoms with E-state index in [-0.39, 0.29) is 31.0 Å². The summed E-state index contributed by atoms with van der Waals surface area (Å²) in [5.74, 6) is 0.187. The van der Waals surface area contributed by atoms with Crippen molar-refractivity contribution in [1.82, 2.24) is 15.0 Å². The van der Waals surface area contributed by atoms with Gasteiger partial charge in [-0.3, -0.25) is 9.69 Å². The maximum absolute atomic E-state index is 13.1. The first kappa shape index (κ1) is 23.9. The van der Waals surface area contributed by atoms with Gasteiger partial charge in [-0.2, -0.15) is 0 Å². The number of hydrogen-bond donors (Lipinski definition) is 0. The lowest BCUT2D eigenvalue weighted by molar-refractivity contribution is -0.138. The second-order valence-corrected chi connectivity index (χ2v) is 8.82. The molecule has 4 aromatic rings. The molecule has 1 aromatic heterocycles. The van der Waals surface area contributed by atoms with Crippen molar-refractivity contribution < 1.29 is 18.4 Å². The maximum atomic E-state index is 13.1. The molecule has 0 aliphatic carbocycles.